The number of benzene rings is 1. The first-order chi connectivity index (χ1) is 9.13. The van der Waals surface area contributed by atoms with Crippen LogP contribution < -0.4 is 0 Å². The molecule has 0 unspecified atom stereocenters. The number of hydrogen-bond acceptors (Lipinski definition) is 3. The normalized spacial score (nSPS) is 10.5. The zero-order valence-corrected chi connectivity index (χ0v) is 13.0. The highest BCUT2D eigenvalue weighted by Gasteiger charge is 2.02. The summed E-state index contributed by atoms with van der Waals surface area (Å²) in [6.45, 7) is 6.62. The fourth-order valence-corrected chi connectivity index (χ4v) is 2.96. The quantitative estimate of drug-likeness (QED) is 0.398. The molecule has 2 nitrogen and oxygen atoms in total. The van der Waals surface area contributed by atoms with Crippen molar-refractivity contribution in [3.05, 3.63) is 29.3 Å². The van der Waals surface area contributed by atoms with E-state index in [2.05, 4.69) is 32.0 Å². The number of hydrogen-bond donors (Lipinski definition) is 0. The van der Waals surface area contributed by atoms with E-state index in [4.69, 9.17) is 4.74 Å². The van der Waals surface area contributed by atoms with Gasteiger partial charge in [0.1, 0.15) is 0 Å². The zero-order chi connectivity index (χ0) is 14.1. The summed E-state index contributed by atoms with van der Waals surface area (Å²) in [7, 11) is 0. The van der Waals surface area contributed by atoms with Crippen LogP contribution in [0.15, 0.2) is 23.1 Å². The lowest BCUT2D eigenvalue weighted by atomic mass is 10.2. The summed E-state index contributed by atoms with van der Waals surface area (Å²) >= 11 is 1.91. The minimum Gasteiger partial charge on any atom is -0.466 e. The number of ether oxygens (including phenoxy) is 1. The second kappa shape index (κ2) is 9.03. The Morgan fingerprint density at radius 3 is 2.74 bits per heavy atom. The first kappa shape index (κ1) is 16.1. The van der Waals surface area contributed by atoms with Gasteiger partial charge in [-0.25, -0.2) is 0 Å². The van der Waals surface area contributed by atoms with Gasteiger partial charge in [0.15, 0.2) is 0 Å². The Morgan fingerprint density at radius 2 is 2.00 bits per heavy atom. The van der Waals surface area contributed by atoms with Crippen LogP contribution >= 0.6 is 11.8 Å². The molecule has 1 aromatic rings. The highest BCUT2D eigenvalue weighted by atomic mass is 32.2. The fraction of sp³-hybridized carbons (Fsp3) is 0.562. The highest BCUT2D eigenvalue weighted by Crippen LogP contribution is 2.24. The molecule has 106 valence electrons. The number of unbranched alkanes of at least 4 members (excludes halogenated alkanes) is 2. The second-order valence-corrected chi connectivity index (χ2v) is 5.87. The Morgan fingerprint density at radius 1 is 1.21 bits per heavy atom. The Kier molecular flexibility index (Phi) is 7.65. The third-order valence-corrected chi connectivity index (χ3v) is 4.18. The van der Waals surface area contributed by atoms with Crippen molar-refractivity contribution >= 4 is 17.7 Å². The maximum Gasteiger partial charge on any atom is 0.305 e. The molecule has 1 aromatic carbocycles. The summed E-state index contributed by atoms with van der Waals surface area (Å²) in [6.07, 6.45) is 3.74. The van der Waals surface area contributed by atoms with Gasteiger partial charge in [-0.15, -0.1) is 11.8 Å². The average Bonchev–Trinajstić information content (AvgIpc) is 2.38. The number of rotatable bonds is 8. The molecule has 0 saturated heterocycles. The number of aryl methyl sites for hydroxylation is 2. The van der Waals surface area contributed by atoms with Crippen LogP contribution in [0.3, 0.4) is 0 Å². The molecule has 0 aromatic heterocycles. The molecule has 0 bridgehead atoms. The molecule has 0 atom stereocenters. The average molecular weight is 280 g/mol. The van der Waals surface area contributed by atoms with E-state index in [1.54, 1.807) is 0 Å². The van der Waals surface area contributed by atoms with E-state index in [9.17, 15) is 4.79 Å². The third-order valence-electron chi connectivity index (χ3n) is 2.93. The number of esters is 1. The molecule has 0 radical (unpaired) electrons. The standard InChI is InChI=1S/C16H24O2S/c1-4-18-16(17)8-6-5-7-11-19-15-12-13(2)9-10-14(15)3/h9-10,12H,4-8,11H2,1-3H3. The monoisotopic (exact) mass is 280 g/mol. The Hall–Kier alpha value is -0.960. The van der Waals surface area contributed by atoms with Gasteiger partial charge in [-0.1, -0.05) is 24.1 Å². The van der Waals surface area contributed by atoms with Gasteiger partial charge in [0.2, 0.25) is 0 Å². The fourth-order valence-electron chi connectivity index (χ4n) is 1.83. The minimum atomic E-state index is -0.0651. The number of thioether (sulfide) groups is 1. The lowest BCUT2D eigenvalue weighted by Gasteiger charge is -2.06. The van der Waals surface area contributed by atoms with E-state index in [-0.39, 0.29) is 5.97 Å². The Bertz CT molecular complexity index is 402. The Labute approximate surface area is 120 Å². The van der Waals surface area contributed by atoms with Crippen molar-refractivity contribution in [1.29, 1.82) is 0 Å². The summed E-state index contributed by atoms with van der Waals surface area (Å²) < 4.78 is 4.90. The summed E-state index contributed by atoms with van der Waals surface area (Å²) in [5.41, 5.74) is 2.66. The molecule has 0 amide bonds. The van der Waals surface area contributed by atoms with Gasteiger partial charge in [-0.2, -0.15) is 0 Å². The molecule has 3 heteroatoms. The molecule has 0 aliphatic carbocycles. The minimum absolute atomic E-state index is 0.0651. The van der Waals surface area contributed by atoms with E-state index in [0.717, 1.165) is 25.0 Å². The van der Waals surface area contributed by atoms with Crippen LogP contribution in [0.25, 0.3) is 0 Å². The van der Waals surface area contributed by atoms with Crippen LogP contribution in [0.1, 0.15) is 43.7 Å². The predicted molar refractivity (Wildman–Crippen MR) is 81.7 cm³/mol. The molecule has 0 aliphatic rings. The maximum absolute atomic E-state index is 11.2. The Balaban J connectivity index is 2.14. The SMILES string of the molecule is CCOC(=O)CCCCCSc1cc(C)ccc1C. The smallest absolute Gasteiger partial charge is 0.305 e. The molecule has 0 heterocycles. The molecular formula is C16H24O2S. The maximum atomic E-state index is 11.2. The molecular weight excluding hydrogens is 256 g/mol. The number of carbonyl (C=O) groups is 1. The van der Waals surface area contributed by atoms with E-state index in [0.29, 0.717) is 13.0 Å². The zero-order valence-electron chi connectivity index (χ0n) is 12.2. The molecule has 0 saturated carbocycles. The summed E-state index contributed by atoms with van der Waals surface area (Å²) in [5.74, 6) is 1.05. The van der Waals surface area contributed by atoms with Crippen LogP contribution in [-0.4, -0.2) is 18.3 Å². The molecule has 0 fully saturated rings. The summed E-state index contributed by atoms with van der Waals surface area (Å²) in [5, 5.41) is 0. The molecule has 0 spiro atoms. The van der Waals surface area contributed by atoms with Crippen LogP contribution in [0, 0.1) is 13.8 Å². The predicted octanol–water partition coefficient (Wildman–Crippen LogP) is 4.52. The van der Waals surface area contributed by atoms with Crippen molar-refractivity contribution < 1.29 is 9.53 Å². The van der Waals surface area contributed by atoms with Crippen LogP contribution in [0.2, 0.25) is 0 Å². The van der Waals surface area contributed by atoms with Crippen molar-refractivity contribution in [1.82, 2.24) is 0 Å². The van der Waals surface area contributed by atoms with Crippen molar-refractivity contribution in [3.8, 4) is 0 Å². The van der Waals surface area contributed by atoms with Gasteiger partial charge >= 0.3 is 5.97 Å². The number of carbonyl (C=O) groups excluding carboxylic acids is 1. The van der Waals surface area contributed by atoms with Gasteiger partial charge < -0.3 is 4.74 Å². The van der Waals surface area contributed by atoms with Crippen LogP contribution in [0.4, 0.5) is 0 Å². The van der Waals surface area contributed by atoms with E-state index < -0.39 is 0 Å². The first-order valence-corrected chi connectivity index (χ1v) is 7.97. The molecule has 1 rings (SSSR count). The van der Waals surface area contributed by atoms with Gasteiger partial charge in [0.05, 0.1) is 6.61 Å². The third kappa shape index (κ3) is 6.67. The topological polar surface area (TPSA) is 26.3 Å². The first-order valence-electron chi connectivity index (χ1n) is 6.99. The van der Waals surface area contributed by atoms with Gasteiger partial charge in [-0.05, 0) is 51.0 Å². The second-order valence-electron chi connectivity index (χ2n) is 4.73. The van der Waals surface area contributed by atoms with Crippen molar-refractivity contribution in [3.63, 3.8) is 0 Å². The van der Waals surface area contributed by atoms with Crippen LogP contribution in [-0.2, 0) is 9.53 Å². The van der Waals surface area contributed by atoms with E-state index >= 15 is 0 Å². The van der Waals surface area contributed by atoms with E-state index in [1.165, 1.54) is 16.0 Å². The van der Waals surface area contributed by atoms with Crippen molar-refractivity contribution in [2.75, 3.05) is 12.4 Å². The van der Waals surface area contributed by atoms with Gasteiger partial charge in [0.25, 0.3) is 0 Å². The lowest BCUT2D eigenvalue weighted by Crippen LogP contribution is -2.03. The largest absolute Gasteiger partial charge is 0.466 e. The van der Waals surface area contributed by atoms with Crippen molar-refractivity contribution in [2.24, 2.45) is 0 Å². The van der Waals surface area contributed by atoms with Crippen molar-refractivity contribution in [2.45, 2.75) is 51.3 Å². The summed E-state index contributed by atoms with van der Waals surface area (Å²) in [4.78, 5) is 12.5. The summed E-state index contributed by atoms with van der Waals surface area (Å²) in [6, 6.07) is 6.58. The molecule has 19 heavy (non-hydrogen) atoms. The van der Waals surface area contributed by atoms with Gasteiger partial charge in [0, 0.05) is 11.3 Å². The lowest BCUT2D eigenvalue weighted by molar-refractivity contribution is -0.143. The van der Waals surface area contributed by atoms with Gasteiger partial charge in [-0.3, -0.25) is 4.79 Å². The molecule has 0 N–H and O–H groups in total. The molecule has 0 aliphatic heterocycles. The highest BCUT2D eigenvalue weighted by molar-refractivity contribution is 7.99. The van der Waals surface area contributed by atoms with Crippen LogP contribution in [0.5, 0.6) is 0 Å². The van der Waals surface area contributed by atoms with E-state index in [1.807, 2.05) is 18.7 Å².